The molecule has 1 aromatic rings. The third-order valence-electron chi connectivity index (χ3n) is 4.29. The number of benzene rings is 1. The maximum atomic E-state index is 12.6. The Morgan fingerprint density at radius 1 is 1.08 bits per heavy atom. The topological polar surface area (TPSA) is 66.5 Å². The molecule has 1 aliphatic carbocycles. The van der Waals surface area contributed by atoms with E-state index in [2.05, 4.69) is 4.72 Å². The number of carbonyl (C=O) groups is 1. The molecule has 0 aliphatic heterocycles. The van der Waals surface area contributed by atoms with Gasteiger partial charge in [-0.3, -0.25) is 4.79 Å². The molecule has 134 valence electrons. The van der Waals surface area contributed by atoms with Gasteiger partial charge in [0.15, 0.2) is 0 Å². The molecule has 1 aromatic carbocycles. The number of nitrogens with one attached hydrogen (secondary N) is 1. The fourth-order valence-corrected chi connectivity index (χ4v) is 4.49. The van der Waals surface area contributed by atoms with Gasteiger partial charge in [-0.1, -0.05) is 19.3 Å². The molecular weight excluding hydrogens is 324 g/mol. The molecule has 2 rings (SSSR count). The fraction of sp³-hybridized carbons (Fsp3) is 0.611. The maximum absolute atomic E-state index is 12.6. The van der Waals surface area contributed by atoms with Crippen molar-refractivity contribution in [2.24, 2.45) is 0 Å². The Morgan fingerprint density at radius 3 is 2.12 bits per heavy atom. The van der Waals surface area contributed by atoms with E-state index in [1.165, 1.54) is 18.6 Å². The van der Waals surface area contributed by atoms with Crippen molar-refractivity contribution in [3.8, 4) is 0 Å². The van der Waals surface area contributed by atoms with Crippen LogP contribution in [-0.4, -0.2) is 37.9 Å². The summed E-state index contributed by atoms with van der Waals surface area (Å²) < 4.78 is 27.2. The van der Waals surface area contributed by atoms with Crippen molar-refractivity contribution in [3.05, 3.63) is 29.8 Å². The molecule has 1 amide bonds. The molecule has 0 aromatic heterocycles. The van der Waals surface area contributed by atoms with E-state index >= 15 is 0 Å². The summed E-state index contributed by atoms with van der Waals surface area (Å²) >= 11 is 0. The summed E-state index contributed by atoms with van der Waals surface area (Å²) in [6, 6.07) is 6.47. The molecular formula is C18H28N2O3S. The summed E-state index contributed by atoms with van der Waals surface area (Å²) in [6.45, 7) is 5.38. The van der Waals surface area contributed by atoms with E-state index in [1.54, 1.807) is 37.8 Å². The predicted octanol–water partition coefficient (Wildman–Crippen LogP) is 3.17. The Bertz CT molecular complexity index is 669. The summed E-state index contributed by atoms with van der Waals surface area (Å²) in [5.41, 5.74) is -0.0214. The van der Waals surface area contributed by atoms with Crippen LogP contribution < -0.4 is 4.72 Å². The van der Waals surface area contributed by atoms with Crippen LogP contribution in [0.4, 0.5) is 0 Å². The molecule has 1 N–H and O–H groups in total. The van der Waals surface area contributed by atoms with E-state index in [1.807, 2.05) is 7.05 Å². The van der Waals surface area contributed by atoms with Crippen LogP contribution in [-0.2, 0) is 10.0 Å². The van der Waals surface area contributed by atoms with E-state index in [4.69, 9.17) is 0 Å². The molecule has 0 radical (unpaired) electrons. The Hall–Kier alpha value is -1.40. The summed E-state index contributed by atoms with van der Waals surface area (Å²) in [7, 11) is -1.74. The molecule has 0 bridgehead atoms. The summed E-state index contributed by atoms with van der Waals surface area (Å²) in [4.78, 5) is 14.6. The van der Waals surface area contributed by atoms with Crippen LogP contribution in [0, 0.1) is 0 Å². The molecule has 1 aliphatic rings. The van der Waals surface area contributed by atoms with Crippen molar-refractivity contribution in [3.63, 3.8) is 0 Å². The number of hydrogen-bond acceptors (Lipinski definition) is 3. The number of amides is 1. The summed E-state index contributed by atoms with van der Waals surface area (Å²) in [5.74, 6) is -0.0466. The van der Waals surface area contributed by atoms with E-state index in [-0.39, 0.29) is 16.8 Å². The average molecular weight is 353 g/mol. The van der Waals surface area contributed by atoms with Crippen LogP contribution in [0.2, 0.25) is 0 Å². The molecule has 0 atom stereocenters. The number of carbonyl (C=O) groups excluding carboxylic acids is 1. The van der Waals surface area contributed by atoms with Crippen LogP contribution in [0.25, 0.3) is 0 Å². The SMILES string of the molecule is CN(C(=O)c1ccc(S(=O)(=O)NC(C)(C)C)cc1)C1CCCCC1. The van der Waals surface area contributed by atoms with Gasteiger partial charge in [0.05, 0.1) is 4.90 Å². The normalized spacial score (nSPS) is 16.8. The van der Waals surface area contributed by atoms with Crippen molar-refractivity contribution >= 4 is 15.9 Å². The van der Waals surface area contributed by atoms with Gasteiger partial charge in [0.1, 0.15) is 0 Å². The molecule has 5 nitrogen and oxygen atoms in total. The van der Waals surface area contributed by atoms with Gasteiger partial charge in [-0.2, -0.15) is 0 Å². The minimum absolute atomic E-state index is 0.0466. The van der Waals surface area contributed by atoms with Gasteiger partial charge in [-0.05, 0) is 57.9 Å². The Balaban J connectivity index is 2.12. The highest BCUT2D eigenvalue weighted by molar-refractivity contribution is 7.89. The van der Waals surface area contributed by atoms with Crippen molar-refractivity contribution in [2.75, 3.05) is 7.05 Å². The number of rotatable bonds is 4. The minimum atomic E-state index is -3.58. The molecule has 0 unspecified atom stereocenters. The van der Waals surface area contributed by atoms with Crippen LogP contribution in [0.15, 0.2) is 29.2 Å². The van der Waals surface area contributed by atoms with Crippen molar-refractivity contribution in [1.29, 1.82) is 0 Å². The van der Waals surface area contributed by atoms with Gasteiger partial charge < -0.3 is 4.90 Å². The first kappa shape index (κ1) is 18.9. The zero-order valence-electron chi connectivity index (χ0n) is 15.0. The lowest BCUT2D eigenvalue weighted by atomic mass is 9.94. The average Bonchev–Trinajstić information content (AvgIpc) is 2.52. The molecule has 1 fully saturated rings. The Kier molecular flexibility index (Phi) is 5.71. The third-order valence-corrected chi connectivity index (χ3v) is 6.07. The lowest BCUT2D eigenvalue weighted by molar-refractivity contribution is 0.0696. The minimum Gasteiger partial charge on any atom is -0.339 e. The monoisotopic (exact) mass is 352 g/mol. The predicted molar refractivity (Wildman–Crippen MR) is 95.5 cm³/mol. The van der Waals surface area contributed by atoms with Gasteiger partial charge in [-0.25, -0.2) is 13.1 Å². The highest BCUT2D eigenvalue weighted by Gasteiger charge is 2.25. The van der Waals surface area contributed by atoms with Crippen molar-refractivity contribution in [2.45, 2.75) is 69.4 Å². The third kappa shape index (κ3) is 4.80. The highest BCUT2D eigenvalue weighted by Crippen LogP contribution is 2.23. The summed E-state index contributed by atoms with van der Waals surface area (Å²) in [6.07, 6.45) is 5.66. The van der Waals surface area contributed by atoms with Crippen molar-refractivity contribution in [1.82, 2.24) is 9.62 Å². The molecule has 24 heavy (non-hydrogen) atoms. The summed E-state index contributed by atoms with van der Waals surface area (Å²) in [5, 5.41) is 0. The molecule has 0 saturated heterocycles. The first-order valence-electron chi connectivity index (χ1n) is 8.51. The van der Waals surface area contributed by atoms with Gasteiger partial charge in [0, 0.05) is 24.2 Å². The van der Waals surface area contributed by atoms with E-state index < -0.39 is 15.6 Å². The van der Waals surface area contributed by atoms with E-state index in [0.717, 1.165) is 25.7 Å². The number of hydrogen-bond donors (Lipinski definition) is 1. The molecule has 0 heterocycles. The first-order valence-corrected chi connectivity index (χ1v) is 10.00. The van der Waals surface area contributed by atoms with Crippen LogP contribution in [0.5, 0.6) is 0 Å². The second kappa shape index (κ2) is 7.23. The lowest BCUT2D eigenvalue weighted by Crippen LogP contribution is -2.40. The number of sulfonamides is 1. The highest BCUT2D eigenvalue weighted by atomic mass is 32.2. The van der Waals surface area contributed by atoms with Gasteiger partial charge >= 0.3 is 0 Å². The Labute approximate surface area is 145 Å². The van der Waals surface area contributed by atoms with Crippen LogP contribution >= 0.6 is 0 Å². The second-order valence-electron chi connectivity index (χ2n) is 7.59. The Morgan fingerprint density at radius 2 is 1.62 bits per heavy atom. The smallest absolute Gasteiger partial charge is 0.253 e. The molecule has 0 spiro atoms. The van der Waals surface area contributed by atoms with Gasteiger partial charge in [0.25, 0.3) is 5.91 Å². The van der Waals surface area contributed by atoms with E-state index in [9.17, 15) is 13.2 Å². The quantitative estimate of drug-likeness (QED) is 0.905. The van der Waals surface area contributed by atoms with Crippen LogP contribution in [0.1, 0.15) is 63.2 Å². The largest absolute Gasteiger partial charge is 0.339 e. The van der Waals surface area contributed by atoms with Gasteiger partial charge in [-0.15, -0.1) is 0 Å². The number of nitrogens with zero attached hydrogens (tertiary/aromatic N) is 1. The van der Waals surface area contributed by atoms with Crippen molar-refractivity contribution < 1.29 is 13.2 Å². The zero-order valence-corrected chi connectivity index (χ0v) is 15.8. The molecule has 1 saturated carbocycles. The van der Waals surface area contributed by atoms with Crippen LogP contribution in [0.3, 0.4) is 0 Å². The van der Waals surface area contributed by atoms with Gasteiger partial charge in [0.2, 0.25) is 10.0 Å². The maximum Gasteiger partial charge on any atom is 0.253 e. The molecule has 6 heteroatoms. The lowest BCUT2D eigenvalue weighted by Gasteiger charge is -2.31. The zero-order chi connectivity index (χ0) is 18.0. The first-order chi connectivity index (χ1) is 11.1. The van der Waals surface area contributed by atoms with E-state index in [0.29, 0.717) is 5.56 Å². The standard InChI is InChI=1S/C18H28N2O3S/c1-18(2,3)19-24(22,23)16-12-10-14(11-13-16)17(21)20(4)15-8-6-5-7-9-15/h10-13,15,19H,5-9H2,1-4H3. The second-order valence-corrected chi connectivity index (χ2v) is 9.27. The fourth-order valence-electron chi connectivity index (χ4n) is 3.08.